The van der Waals surface area contributed by atoms with E-state index in [1.165, 1.54) is 12.1 Å². The fraction of sp³-hybridized carbons (Fsp3) is 0.467. The summed E-state index contributed by atoms with van der Waals surface area (Å²) in [7, 11) is 0. The quantitative estimate of drug-likeness (QED) is 0.643. The summed E-state index contributed by atoms with van der Waals surface area (Å²) in [6.45, 7) is 3.84. The molecular weight excluding hydrogens is 243 g/mol. The van der Waals surface area contributed by atoms with E-state index in [2.05, 4.69) is 10.5 Å². The molecule has 1 atom stereocenters. The van der Waals surface area contributed by atoms with Gasteiger partial charge in [0.2, 0.25) is 5.91 Å². The van der Waals surface area contributed by atoms with Crippen LogP contribution in [0.1, 0.15) is 38.7 Å². The molecule has 1 amide bonds. The molecule has 3 nitrogen and oxygen atoms in total. The molecule has 0 radical (unpaired) electrons. The molecule has 1 N–H and O–H groups in total. The number of rotatable bonds is 5. The number of halogens is 1. The van der Waals surface area contributed by atoms with Gasteiger partial charge in [0.15, 0.2) is 0 Å². The van der Waals surface area contributed by atoms with Crippen LogP contribution in [0, 0.1) is 17.7 Å². The van der Waals surface area contributed by atoms with Gasteiger partial charge in [-0.15, -0.1) is 0 Å². The van der Waals surface area contributed by atoms with Crippen molar-refractivity contribution >= 4 is 11.6 Å². The Kier molecular flexibility index (Phi) is 4.30. The number of benzene rings is 1. The first-order valence-electron chi connectivity index (χ1n) is 6.75. The SMILES string of the molecule is CCC(C)C(=O)N/N=C(/c1ccc(F)cc1)C1CC1. The van der Waals surface area contributed by atoms with E-state index in [0.29, 0.717) is 5.92 Å². The maximum absolute atomic E-state index is 12.9. The molecule has 0 bridgehead atoms. The summed E-state index contributed by atoms with van der Waals surface area (Å²) in [6, 6.07) is 6.26. The lowest BCUT2D eigenvalue weighted by Gasteiger charge is -2.09. The fourth-order valence-corrected chi connectivity index (χ4v) is 1.78. The van der Waals surface area contributed by atoms with Crippen molar-refractivity contribution in [3.8, 4) is 0 Å². The lowest BCUT2D eigenvalue weighted by atomic mass is 10.1. The topological polar surface area (TPSA) is 41.5 Å². The highest BCUT2D eigenvalue weighted by molar-refractivity contribution is 6.04. The molecule has 1 aromatic carbocycles. The Bertz CT molecular complexity index is 477. The van der Waals surface area contributed by atoms with E-state index in [1.807, 2.05) is 13.8 Å². The van der Waals surface area contributed by atoms with Crippen molar-refractivity contribution in [2.45, 2.75) is 33.1 Å². The second-order valence-electron chi connectivity index (χ2n) is 5.06. The molecule has 1 saturated carbocycles. The van der Waals surface area contributed by atoms with E-state index in [-0.39, 0.29) is 17.6 Å². The van der Waals surface area contributed by atoms with Crippen LogP contribution in [-0.4, -0.2) is 11.6 Å². The molecule has 4 heteroatoms. The van der Waals surface area contributed by atoms with Crippen molar-refractivity contribution < 1.29 is 9.18 Å². The first-order valence-corrected chi connectivity index (χ1v) is 6.75. The predicted molar refractivity (Wildman–Crippen MR) is 73.3 cm³/mol. The molecule has 0 aromatic heterocycles. The average Bonchev–Trinajstić information content (AvgIpc) is 3.24. The first kappa shape index (κ1) is 13.7. The molecule has 2 rings (SSSR count). The molecule has 1 aromatic rings. The normalized spacial score (nSPS) is 17.1. The molecule has 0 spiro atoms. The van der Waals surface area contributed by atoms with Crippen LogP contribution in [0.3, 0.4) is 0 Å². The number of hydrazone groups is 1. The third kappa shape index (κ3) is 3.63. The summed E-state index contributed by atoms with van der Waals surface area (Å²) in [5.74, 6) is 0.0189. The zero-order valence-corrected chi connectivity index (χ0v) is 11.3. The van der Waals surface area contributed by atoms with Gasteiger partial charge in [0.05, 0.1) is 5.71 Å². The molecule has 1 fully saturated rings. The minimum atomic E-state index is -0.262. The fourth-order valence-electron chi connectivity index (χ4n) is 1.78. The first-order chi connectivity index (χ1) is 9.11. The summed E-state index contributed by atoms with van der Waals surface area (Å²) in [6.07, 6.45) is 2.95. The van der Waals surface area contributed by atoms with Crippen LogP contribution in [0.5, 0.6) is 0 Å². The summed E-state index contributed by atoms with van der Waals surface area (Å²) in [5.41, 5.74) is 4.36. The zero-order valence-electron chi connectivity index (χ0n) is 11.3. The number of carbonyl (C=O) groups excluding carboxylic acids is 1. The Morgan fingerprint density at radius 1 is 1.42 bits per heavy atom. The Balaban J connectivity index is 2.12. The summed E-state index contributed by atoms with van der Waals surface area (Å²) < 4.78 is 12.9. The Hall–Kier alpha value is -1.71. The van der Waals surface area contributed by atoms with Crippen molar-refractivity contribution in [1.29, 1.82) is 0 Å². The number of hydrogen-bond donors (Lipinski definition) is 1. The number of nitrogens with one attached hydrogen (secondary N) is 1. The average molecular weight is 262 g/mol. The minimum absolute atomic E-state index is 0.0441. The standard InChI is InChI=1S/C15H19FN2O/c1-3-10(2)15(19)18-17-14(11-4-5-11)12-6-8-13(16)9-7-12/h6-11H,3-5H2,1-2H3,(H,18,19)/b17-14+. The monoisotopic (exact) mass is 262 g/mol. The van der Waals surface area contributed by atoms with Crippen molar-refractivity contribution in [3.63, 3.8) is 0 Å². The molecule has 102 valence electrons. The number of hydrogen-bond acceptors (Lipinski definition) is 2. The van der Waals surface area contributed by atoms with E-state index < -0.39 is 0 Å². The van der Waals surface area contributed by atoms with E-state index >= 15 is 0 Å². The molecule has 1 aliphatic rings. The van der Waals surface area contributed by atoms with E-state index in [4.69, 9.17) is 0 Å². The summed E-state index contributed by atoms with van der Waals surface area (Å²) in [4.78, 5) is 11.7. The minimum Gasteiger partial charge on any atom is -0.273 e. The van der Waals surface area contributed by atoms with Crippen molar-refractivity contribution in [3.05, 3.63) is 35.6 Å². The van der Waals surface area contributed by atoms with Crippen LogP contribution in [0.25, 0.3) is 0 Å². The maximum atomic E-state index is 12.9. The van der Waals surface area contributed by atoms with Crippen molar-refractivity contribution in [2.75, 3.05) is 0 Å². The van der Waals surface area contributed by atoms with Crippen LogP contribution >= 0.6 is 0 Å². The highest BCUT2D eigenvalue weighted by Gasteiger charge is 2.29. The zero-order chi connectivity index (χ0) is 13.8. The maximum Gasteiger partial charge on any atom is 0.242 e. The molecule has 19 heavy (non-hydrogen) atoms. The molecule has 1 unspecified atom stereocenters. The van der Waals surface area contributed by atoms with Crippen LogP contribution in [0.15, 0.2) is 29.4 Å². The number of amides is 1. The smallest absolute Gasteiger partial charge is 0.242 e. The van der Waals surface area contributed by atoms with Gasteiger partial charge in [-0.2, -0.15) is 5.10 Å². The molecular formula is C15H19FN2O. The Labute approximate surface area is 112 Å². The van der Waals surface area contributed by atoms with Gasteiger partial charge in [0.25, 0.3) is 0 Å². The van der Waals surface area contributed by atoms with Gasteiger partial charge < -0.3 is 0 Å². The van der Waals surface area contributed by atoms with Gasteiger partial charge in [0.1, 0.15) is 5.82 Å². The third-order valence-corrected chi connectivity index (χ3v) is 3.45. The molecule has 0 saturated heterocycles. The summed E-state index contributed by atoms with van der Waals surface area (Å²) in [5, 5.41) is 4.25. The van der Waals surface area contributed by atoms with Crippen LogP contribution in [-0.2, 0) is 4.79 Å². The van der Waals surface area contributed by atoms with Gasteiger partial charge in [-0.05, 0) is 37.0 Å². The van der Waals surface area contributed by atoms with Crippen molar-refractivity contribution in [1.82, 2.24) is 5.43 Å². The van der Waals surface area contributed by atoms with Crippen LogP contribution in [0.4, 0.5) is 4.39 Å². The van der Waals surface area contributed by atoms with Crippen LogP contribution < -0.4 is 5.43 Å². The third-order valence-electron chi connectivity index (χ3n) is 3.45. The lowest BCUT2D eigenvalue weighted by molar-refractivity contribution is -0.124. The highest BCUT2D eigenvalue weighted by Crippen LogP contribution is 2.33. The van der Waals surface area contributed by atoms with Gasteiger partial charge in [-0.3, -0.25) is 4.79 Å². The predicted octanol–water partition coefficient (Wildman–Crippen LogP) is 3.10. The van der Waals surface area contributed by atoms with Gasteiger partial charge in [0, 0.05) is 11.8 Å². The highest BCUT2D eigenvalue weighted by atomic mass is 19.1. The van der Waals surface area contributed by atoms with Crippen LogP contribution in [0.2, 0.25) is 0 Å². The second kappa shape index (κ2) is 5.95. The lowest BCUT2D eigenvalue weighted by Crippen LogP contribution is -2.26. The molecule has 0 aliphatic heterocycles. The van der Waals surface area contributed by atoms with Crippen molar-refractivity contribution in [2.24, 2.45) is 16.9 Å². The largest absolute Gasteiger partial charge is 0.273 e. The Morgan fingerprint density at radius 2 is 2.05 bits per heavy atom. The van der Waals surface area contributed by atoms with Gasteiger partial charge >= 0.3 is 0 Å². The second-order valence-corrected chi connectivity index (χ2v) is 5.06. The van der Waals surface area contributed by atoms with Gasteiger partial charge in [-0.1, -0.05) is 26.0 Å². The van der Waals surface area contributed by atoms with E-state index in [1.54, 1.807) is 12.1 Å². The van der Waals surface area contributed by atoms with E-state index in [9.17, 15) is 9.18 Å². The van der Waals surface area contributed by atoms with Gasteiger partial charge in [-0.25, -0.2) is 9.82 Å². The summed E-state index contributed by atoms with van der Waals surface area (Å²) >= 11 is 0. The van der Waals surface area contributed by atoms with E-state index in [0.717, 1.165) is 30.5 Å². The molecule has 0 heterocycles. The number of carbonyl (C=O) groups is 1. The molecule has 1 aliphatic carbocycles. The number of nitrogens with zero attached hydrogens (tertiary/aromatic N) is 1. The Morgan fingerprint density at radius 3 is 2.58 bits per heavy atom.